The van der Waals surface area contributed by atoms with E-state index in [0.29, 0.717) is 6.54 Å². The summed E-state index contributed by atoms with van der Waals surface area (Å²) >= 11 is 1.68. The molecule has 0 unspecified atom stereocenters. The van der Waals surface area contributed by atoms with Crippen molar-refractivity contribution in [1.29, 1.82) is 0 Å². The summed E-state index contributed by atoms with van der Waals surface area (Å²) in [5.41, 5.74) is 4.04. The van der Waals surface area contributed by atoms with E-state index in [1.165, 1.54) is 36.1 Å². The summed E-state index contributed by atoms with van der Waals surface area (Å²) in [5, 5.41) is 5.24. The predicted octanol–water partition coefficient (Wildman–Crippen LogP) is 6.02. The summed E-state index contributed by atoms with van der Waals surface area (Å²) in [6.45, 7) is 2.07. The molecule has 194 valence electrons. The lowest BCUT2D eigenvalue weighted by molar-refractivity contribution is -0.130. The molecule has 1 aromatic carbocycles. The van der Waals surface area contributed by atoms with Crippen LogP contribution in [0.25, 0.3) is 10.9 Å². The van der Waals surface area contributed by atoms with Crippen molar-refractivity contribution in [2.45, 2.75) is 83.2 Å². The molecule has 6 rings (SSSR count). The Labute approximate surface area is 222 Å². The topological polar surface area (TPSA) is 66.7 Å². The number of nitrogens with zero attached hydrogens (tertiary/aromatic N) is 3. The largest absolute Gasteiger partial charge is 0.349 e. The lowest BCUT2D eigenvalue weighted by atomic mass is 9.93. The summed E-state index contributed by atoms with van der Waals surface area (Å²) in [5.74, 6) is 0.228. The number of benzene rings is 1. The number of nitrogens with one attached hydrogen (secondary N) is 1. The summed E-state index contributed by atoms with van der Waals surface area (Å²) in [6.07, 6.45) is 16.3. The first-order chi connectivity index (χ1) is 18.2. The van der Waals surface area contributed by atoms with Crippen molar-refractivity contribution in [2.75, 3.05) is 13.1 Å². The normalized spacial score (nSPS) is 18.5. The number of aliphatic imine (C=N–C) groups is 1. The number of aromatic nitrogens is 1. The molecule has 7 heteroatoms. The van der Waals surface area contributed by atoms with Gasteiger partial charge in [0.1, 0.15) is 11.5 Å². The Morgan fingerprint density at radius 1 is 1.00 bits per heavy atom. The van der Waals surface area contributed by atoms with Gasteiger partial charge in [-0.15, -0.1) is 11.3 Å². The highest BCUT2D eigenvalue weighted by Crippen LogP contribution is 2.40. The highest BCUT2D eigenvalue weighted by atomic mass is 32.1. The lowest BCUT2D eigenvalue weighted by Gasteiger charge is -2.23. The van der Waals surface area contributed by atoms with E-state index in [1.54, 1.807) is 11.3 Å². The van der Waals surface area contributed by atoms with Crippen molar-refractivity contribution in [3.05, 3.63) is 52.0 Å². The van der Waals surface area contributed by atoms with Crippen molar-refractivity contribution >= 4 is 45.3 Å². The van der Waals surface area contributed by atoms with Gasteiger partial charge in [0, 0.05) is 52.9 Å². The fraction of sp³-hybridized carbons (Fsp3) is 0.500. The Kier molecular flexibility index (Phi) is 7.14. The van der Waals surface area contributed by atoms with Gasteiger partial charge in [0.15, 0.2) is 0 Å². The molecule has 6 nitrogen and oxygen atoms in total. The molecule has 2 amide bonds. The van der Waals surface area contributed by atoms with Crippen LogP contribution >= 0.6 is 11.3 Å². The Hall–Kier alpha value is -2.93. The van der Waals surface area contributed by atoms with Crippen molar-refractivity contribution in [3.8, 4) is 0 Å². The van der Waals surface area contributed by atoms with E-state index >= 15 is 0 Å². The SMILES string of the molecule is O=C(NC1CCCCC1)c1c(N=Cc2cn(CC(=O)N3CCCC3)c3ccccc23)sc2c1CCCC2. The summed E-state index contributed by atoms with van der Waals surface area (Å²) in [4.78, 5) is 34.6. The van der Waals surface area contributed by atoms with Gasteiger partial charge in [-0.2, -0.15) is 0 Å². The molecule has 2 fully saturated rings. The minimum absolute atomic E-state index is 0.0529. The second-order valence-corrected chi connectivity index (χ2v) is 11.9. The van der Waals surface area contributed by atoms with Crippen LogP contribution in [-0.4, -0.2) is 46.6 Å². The van der Waals surface area contributed by atoms with Crippen molar-refractivity contribution in [3.63, 3.8) is 0 Å². The molecule has 2 aromatic heterocycles. The second kappa shape index (κ2) is 10.8. The van der Waals surface area contributed by atoms with E-state index < -0.39 is 0 Å². The van der Waals surface area contributed by atoms with E-state index in [1.807, 2.05) is 34.0 Å². The quantitative estimate of drug-likeness (QED) is 0.407. The third kappa shape index (κ3) is 5.11. The Bertz CT molecular complexity index is 1320. The number of likely N-dealkylation sites (tertiary alicyclic amines) is 1. The van der Waals surface area contributed by atoms with Gasteiger partial charge in [-0.1, -0.05) is 37.5 Å². The van der Waals surface area contributed by atoms with Gasteiger partial charge in [0.25, 0.3) is 5.91 Å². The maximum Gasteiger partial charge on any atom is 0.254 e. The molecule has 2 aliphatic carbocycles. The first-order valence-corrected chi connectivity index (χ1v) is 14.8. The molecule has 0 bridgehead atoms. The molecule has 0 spiro atoms. The van der Waals surface area contributed by atoms with Gasteiger partial charge >= 0.3 is 0 Å². The van der Waals surface area contributed by atoms with E-state index in [9.17, 15) is 9.59 Å². The molecule has 37 heavy (non-hydrogen) atoms. The molecular formula is C30H36N4O2S. The number of aryl methyl sites for hydroxylation is 1. The van der Waals surface area contributed by atoms with Crippen LogP contribution in [0.4, 0.5) is 5.00 Å². The molecule has 3 heterocycles. The van der Waals surface area contributed by atoms with Crippen LogP contribution < -0.4 is 5.32 Å². The number of hydrogen-bond donors (Lipinski definition) is 1. The molecule has 1 saturated heterocycles. The molecule has 3 aliphatic rings. The Morgan fingerprint density at radius 2 is 1.78 bits per heavy atom. The maximum atomic E-state index is 13.5. The van der Waals surface area contributed by atoms with Crippen LogP contribution in [0.5, 0.6) is 0 Å². The minimum Gasteiger partial charge on any atom is -0.349 e. The van der Waals surface area contributed by atoms with Gasteiger partial charge in [0.2, 0.25) is 5.91 Å². The van der Waals surface area contributed by atoms with Crippen LogP contribution in [0.1, 0.15) is 84.1 Å². The Balaban J connectivity index is 1.30. The predicted molar refractivity (Wildman–Crippen MR) is 150 cm³/mol. The molecule has 1 N–H and O–H groups in total. The summed E-state index contributed by atoms with van der Waals surface area (Å²) in [6, 6.07) is 8.48. The molecule has 0 atom stereocenters. The van der Waals surface area contributed by atoms with Crippen LogP contribution in [0.2, 0.25) is 0 Å². The van der Waals surface area contributed by atoms with Crippen molar-refractivity contribution in [2.24, 2.45) is 4.99 Å². The smallest absolute Gasteiger partial charge is 0.254 e. The first kappa shape index (κ1) is 24.4. The second-order valence-electron chi connectivity index (χ2n) is 10.8. The number of thiophene rings is 1. The zero-order valence-electron chi connectivity index (χ0n) is 21.5. The zero-order chi connectivity index (χ0) is 25.2. The number of para-hydroxylation sites is 1. The summed E-state index contributed by atoms with van der Waals surface area (Å²) < 4.78 is 2.05. The van der Waals surface area contributed by atoms with Crippen LogP contribution in [-0.2, 0) is 24.2 Å². The zero-order valence-corrected chi connectivity index (χ0v) is 22.3. The maximum absolute atomic E-state index is 13.5. The lowest BCUT2D eigenvalue weighted by Crippen LogP contribution is -2.36. The van der Waals surface area contributed by atoms with E-state index in [4.69, 9.17) is 4.99 Å². The van der Waals surface area contributed by atoms with Gasteiger partial charge in [-0.3, -0.25) is 9.59 Å². The molecule has 1 aliphatic heterocycles. The average molecular weight is 517 g/mol. The van der Waals surface area contributed by atoms with Gasteiger partial charge in [0.05, 0.1) is 5.56 Å². The first-order valence-electron chi connectivity index (χ1n) is 14.0. The molecule has 3 aromatic rings. The van der Waals surface area contributed by atoms with Crippen molar-refractivity contribution in [1.82, 2.24) is 14.8 Å². The number of fused-ring (bicyclic) bond motifs is 2. The highest BCUT2D eigenvalue weighted by Gasteiger charge is 2.27. The number of carbonyl (C=O) groups is 2. The van der Waals surface area contributed by atoms with E-state index in [-0.39, 0.29) is 17.9 Å². The van der Waals surface area contributed by atoms with Crippen LogP contribution in [0.3, 0.4) is 0 Å². The number of amides is 2. The van der Waals surface area contributed by atoms with E-state index in [2.05, 4.69) is 17.4 Å². The number of rotatable bonds is 6. The number of hydrogen-bond acceptors (Lipinski definition) is 4. The van der Waals surface area contributed by atoms with Gasteiger partial charge < -0.3 is 14.8 Å². The van der Waals surface area contributed by atoms with Gasteiger partial charge in [-0.25, -0.2) is 4.99 Å². The van der Waals surface area contributed by atoms with E-state index in [0.717, 1.165) is 85.1 Å². The van der Waals surface area contributed by atoms with Gasteiger partial charge in [-0.05, 0) is 63.0 Å². The fourth-order valence-corrected chi connectivity index (χ4v) is 7.46. The monoisotopic (exact) mass is 516 g/mol. The highest BCUT2D eigenvalue weighted by molar-refractivity contribution is 7.16. The molecular weight excluding hydrogens is 480 g/mol. The standard InChI is InChI=1S/C30H36N4O2S/c35-27(33-16-8-9-17-33)20-34-19-21(23-12-4-6-14-25(23)34)18-31-30-28(24-13-5-7-15-26(24)37-30)29(36)32-22-10-2-1-3-11-22/h4,6,12,14,18-19,22H,1-3,5,7-11,13,15-17,20H2,(H,32,36). The molecule has 0 radical (unpaired) electrons. The molecule has 1 saturated carbocycles. The van der Waals surface area contributed by atoms with Crippen LogP contribution in [0.15, 0.2) is 35.5 Å². The Morgan fingerprint density at radius 3 is 2.62 bits per heavy atom. The average Bonchev–Trinajstić information content (AvgIpc) is 3.66. The van der Waals surface area contributed by atoms with Crippen molar-refractivity contribution < 1.29 is 9.59 Å². The third-order valence-electron chi connectivity index (χ3n) is 8.22. The fourth-order valence-electron chi connectivity index (χ4n) is 6.23. The summed E-state index contributed by atoms with van der Waals surface area (Å²) in [7, 11) is 0. The van der Waals surface area contributed by atoms with Crippen LogP contribution in [0, 0.1) is 0 Å². The number of carbonyl (C=O) groups excluding carboxylic acids is 2. The third-order valence-corrected chi connectivity index (χ3v) is 9.42. The minimum atomic E-state index is 0.0529.